The van der Waals surface area contributed by atoms with E-state index in [1.54, 1.807) is 18.2 Å². The number of anilines is 3. The van der Waals surface area contributed by atoms with Crippen LogP contribution in [0.2, 0.25) is 0 Å². The van der Waals surface area contributed by atoms with Gasteiger partial charge in [-0.15, -0.1) is 0 Å². The number of nitrogens with one attached hydrogen (secondary N) is 2. The van der Waals surface area contributed by atoms with E-state index in [0.29, 0.717) is 18.5 Å². The van der Waals surface area contributed by atoms with Crippen molar-refractivity contribution in [2.45, 2.75) is 12.8 Å². The Bertz CT molecular complexity index is 769. The number of hydrogen-bond acceptors (Lipinski definition) is 4. The Morgan fingerprint density at radius 2 is 1.36 bits per heavy atom. The normalized spacial score (nSPS) is 19.2. The molecule has 0 heterocycles. The molecule has 0 radical (unpaired) electrons. The zero-order valence-corrected chi connectivity index (χ0v) is 13.6. The third-order valence-electron chi connectivity index (χ3n) is 4.29. The van der Waals surface area contributed by atoms with Crippen molar-refractivity contribution in [3.05, 3.63) is 66.7 Å². The van der Waals surface area contributed by atoms with Gasteiger partial charge in [0.05, 0.1) is 5.92 Å². The average molecular weight is 335 g/mol. The molecular weight excluding hydrogens is 316 g/mol. The Balaban J connectivity index is 1.63. The summed E-state index contributed by atoms with van der Waals surface area (Å²) in [5.74, 6) is -2.84. The van der Waals surface area contributed by atoms with Crippen LogP contribution in [0.4, 0.5) is 17.1 Å². The maximum atomic E-state index is 12.4. The molecule has 0 saturated heterocycles. The highest BCUT2D eigenvalue weighted by molar-refractivity contribution is 5.95. The lowest BCUT2D eigenvalue weighted by atomic mass is 9.82. The molecule has 0 fully saturated rings. The van der Waals surface area contributed by atoms with E-state index in [0.717, 1.165) is 11.4 Å². The van der Waals surface area contributed by atoms with Crippen LogP contribution < -0.4 is 15.7 Å². The van der Waals surface area contributed by atoms with Crippen LogP contribution in [0.1, 0.15) is 12.8 Å². The number of carboxylic acid groups (broad SMARTS) is 1. The number of benzene rings is 2. The van der Waals surface area contributed by atoms with E-state index < -0.39 is 17.8 Å². The highest BCUT2D eigenvalue weighted by Crippen LogP contribution is 2.27. The molecule has 128 valence electrons. The van der Waals surface area contributed by atoms with Gasteiger partial charge in [0.25, 0.3) is 0 Å². The van der Waals surface area contributed by atoms with E-state index in [2.05, 4.69) is 10.6 Å². The van der Waals surface area contributed by atoms with Crippen LogP contribution in [0.3, 0.4) is 0 Å². The fraction of sp³-hybridized carbons (Fsp3) is 0.200. The van der Waals surface area contributed by atoms with Gasteiger partial charge in [0.2, 0.25) is 5.91 Å². The Morgan fingerprint density at radius 3 is 2.00 bits per heavy atom. The SMILES string of the molecule is O=C([O-])[C@H]1CC=CC[C@H]1C(=O)Nc1ccc(Nc2ccccc2)cc1. The Kier molecular flexibility index (Phi) is 5.14. The van der Waals surface area contributed by atoms with Crippen LogP contribution in [0.5, 0.6) is 0 Å². The second-order valence-electron chi connectivity index (χ2n) is 6.03. The fourth-order valence-corrected chi connectivity index (χ4v) is 2.92. The molecule has 2 aromatic rings. The van der Waals surface area contributed by atoms with Crippen molar-refractivity contribution < 1.29 is 14.7 Å². The van der Waals surface area contributed by atoms with E-state index >= 15 is 0 Å². The number of rotatable bonds is 5. The minimum absolute atomic E-state index is 0.290. The molecule has 5 nitrogen and oxygen atoms in total. The molecule has 2 aromatic carbocycles. The van der Waals surface area contributed by atoms with E-state index in [1.807, 2.05) is 48.5 Å². The average Bonchev–Trinajstić information content (AvgIpc) is 2.64. The Morgan fingerprint density at radius 1 is 0.800 bits per heavy atom. The van der Waals surface area contributed by atoms with E-state index in [9.17, 15) is 14.7 Å². The molecule has 0 spiro atoms. The lowest BCUT2D eigenvalue weighted by Gasteiger charge is -2.28. The van der Waals surface area contributed by atoms with Gasteiger partial charge in [0.15, 0.2) is 0 Å². The molecule has 0 bridgehead atoms. The fourth-order valence-electron chi connectivity index (χ4n) is 2.92. The summed E-state index contributed by atoms with van der Waals surface area (Å²) in [6.45, 7) is 0. The van der Waals surface area contributed by atoms with E-state index in [4.69, 9.17) is 0 Å². The molecular formula is C20H19N2O3-. The molecule has 0 aromatic heterocycles. The number of carbonyl (C=O) groups is 2. The van der Waals surface area contributed by atoms with Crippen LogP contribution in [0, 0.1) is 11.8 Å². The third-order valence-corrected chi connectivity index (χ3v) is 4.29. The summed E-state index contributed by atoms with van der Waals surface area (Å²) in [6.07, 6.45) is 4.38. The molecule has 0 saturated carbocycles. The lowest BCUT2D eigenvalue weighted by Crippen LogP contribution is -2.41. The summed E-state index contributed by atoms with van der Waals surface area (Å²) in [4.78, 5) is 23.6. The van der Waals surface area contributed by atoms with Gasteiger partial charge in [-0.3, -0.25) is 4.79 Å². The largest absolute Gasteiger partial charge is 0.550 e. The molecule has 2 atom stereocenters. The first-order valence-electron chi connectivity index (χ1n) is 8.22. The molecule has 25 heavy (non-hydrogen) atoms. The van der Waals surface area contributed by atoms with Gasteiger partial charge in [0.1, 0.15) is 0 Å². The highest BCUT2D eigenvalue weighted by atomic mass is 16.4. The van der Waals surface area contributed by atoms with Gasteiger partial charge in [-0.25, -0.2) is 0 Å². The first-order chi connectivity index (χ1) is 12.1. The zero-order chi connectivity index (χ0) is 17.6. The summed E-state index contributed by atoms with van der Waals surface area (Å²) < 4.78 is 0. The minimum atomic E-state index is -1.17. The van der Waals surface area contributed by atoms with E-state index in [-0.39, 0.29) is 5.91 Å². The van der Waals surface area contributed by atoms with Crippen LogP contribution >= 0.6 is 0 Å². The first kappa shape index (κ1) is 16.8. The van der Waals surface area contributed by atoms with Gasteiger partial charge >= 0.3 is 0 Å². The minimum Gasteiger partial charge on any atom is -0.550 e. The number of allylic oxidation sites excluding steroid dienone is 2. The van der Waals surface area contributed by atoms with Gasteiger partial charge < -0.3 is 20.5 Å². The molecule has 5 heteroatoms. The van der Waals surface area contributed by atoms with Crippen molar-refractivity contribution in [2.75, 3.05) is 10.6 Å². The molecule has 1 aliphatic carbocycles. The second kappa shape index (κ2) is 7.66. The molecule has 0 aliphatic heterocycles. The maximum Gasteiger partial charge on any atom is 0.228 e. The quantitative estimate of drug-likeness (QED) is 0.823. The van der Waals surface area contributed by atoms with Gasteiger partial charge in [0, 0.05) is 28.9 Å². The maximum absolute atomic E-state index is 12.4. The number of amides is 1. The second-order valence-corrected chi connectivity index (χ2v) is 6.03. The number of carbonyl (C=O) groups excluding carboxylic acids is 2. The summed E-state index contributed by atoms with van der Waals surface area (Å²) in [5.41, 5.74) is 2.51. The summed E-state index contributed by atoms with van der Waals surface area (Å²) in [5, 5.41) is 17.3. The zero-order valence-electron chi connectivity index (χ0n) is 13.6. The smallest absolute Gasteiger partial charge is 0.228 e. The first-order valence-corrected chi connectivity index (χ1v) is 8.22. The number of aliphatic carboxylic acids is 1. The standard InChI is InChI=1S/C20H20N2O3/c23-19(17-8-4-5-9-18(17)20(24)25)22-16-12-10-15(11-13-16)21-14-6-2-1-3-7-14/h1-7,10-13,17-18,21H,8-9H2,(H,22,23)(H,24,25)/p-1/t17-,18+/m1/s1. The van der Waals surface area contributed by atoms with Gasteiger partial charge in [-0.1, -0.05) is 30.4 Å². The Labute approximate surface area is 146 Å². The van der Waals surface area contributed by atoms with Crippen LogP contribution in [0.25, 0.3) is 0 Å². The summed E-state index contributed by atoms with van der Waals surface area (Å²) >= 11 is 0. The van der Waals surface area contributed by atoms with E-state index in [1.165, 1.54) is 0 Å². The predicted molar refractivity (Wildman–Crippen MR) is 95.2 cm³/mol. The molecule has 0 unspecified atom stereocenters. The van der Waals surface area contributed by atoms with Crippen molar-refractivity contribution >= 4 is 28.9 Å². The molecule has 1 amide bonds. The highest BCUT2D eigenvalue weighted by Gasteiger charge is 2.29. The summed E-state index contributed by atoms with van der Waals surface area (Å²) in [7, 11) is 0. The Hall–Kier alpha value is -3.08. The van der Waals surface area contributed by atoms with Crippen molar-refractivity contribution in [1.82, 2.24) is 0 Å². The molecule has 3 rings (SSSR count). The lowest BCUT2D eigenvalue weighted by molar-refractivity contribution is -0.313. The number of carboxylic acids is 1. The monoisotopic (exact) mass is 335 g/mol. The van der Waals surface area contributed by atoms with Crippen molar-refractivity contribution in [1.29, 1.82) is 0 Å². The summed E-state index contributed by atoms with van der Waals surface area (Å²) in [6, 6.07) is 17.1. The predicted octanol–water partition coefficient (Wildman–Crippen LogP) is 2.70. The molecule has 1 aliphatic rings. The van der Waals surface area contributed by atoms with Crippen LogP contribution in [-0.4, -0.2) is 11.9 Å². The van der Waals surface area contributed by atoms with Crippen molar-refractivity contribution in [3.8, 4) is 0 Å². The van der Waals surface area contributed by atoms with Crippen LogP contribution in [-0.2, 0) is 9.59 Å². The van der Waals surface area contributed by atoms with Gasteiger partial charge in [-0.05, 0) is 49.2 Å². The third kappa shape index (κ3) is 4.26. The topological polar surface area (TPSA) is 81.3 Å². The van der Waals surface area contributed by atoms with Crippen molar-refractivity contribution in [3.63, 3.8) is 0 Å². The molecule has 2 N–H and O–H groups in total. The van der Waals surface area contributed by atoms with Crippen molar-refractivity contribution in [2.24, 2.45) is 11.8 Å². The number of para-hydroxylation sites is 1. The van der Waals surface area contributed by atoms with Crippen LogP contribution in [0.15, 0.2) is 66.7 Å². The number of hydrogen-bond donors (Lipinski definition) is 2. The van der Waals surface area contributed by atoms with Gasteiger partial charge in [-0.2, -0.15) is 0 Å².